The van der Waals surface area contributed by atoms with Gasteiger partial charge in [0.25, 0.3) is 5.91 Å². The van der Waals surface area contributed by atoms with Crippen LogP contribution in [-0.2, 0) is 11.2 Å². The number of hydrogen-bond acceptors (Lipinski definition) is 2. The van der Waals surface area contributed by atoms with E-state index in [9.17, 15) is 4.79 Å². The largest absolute Gasteiger partial charge is 0.481 e. The lowest BCUT2D eigenvalue weighted by atomic mass is 10.1. The van der Waals surface area contributed by atoms with Crippen LogP contribution in [0.2, 0.25) is 5.02 Å². The summed E-state index contributed by atoms with van der Waals surface area (Å²) in [4.78, 5) is 12.2. The molecule has 23 heavy (non-hydrogen) atoms. The molecular formula is C18H19BrClNO2. The molecule has 0 aliphatic heterocycles. The quantitative estimate of drug-likeness (QED) is 0.704. The molecule has 1 unspecified atom stereocenters. The molecule has 0 fully saturated rings. The van der Waals surface area contributed by atoms with Gasteiger partial charge in [0.1, 0.15) is 5.75 Å². The Bertz CT molecular complexity index is 673. The number of nitrogens with one attached hydrogen (secondary N) is 1. The number of anilines is 1. The first-order valence-corrected chi connectivity index (χ1v) is 8.68. The zero-order chi connectivity index (χ0) is 16.8. The van der Waals surface area contributed by atoms with E-state index in [0.29, 0.717) is 16.5 Å². The van der Waals surface area contributed by atoms with Crippen LogP contribution < -0.4 is 10.1 Å². The highest BCUT2D eigenvalue weighted by Gasteiger charge is 2.16. The number of carbonyl (C=O) groups excluding carboxylic acids is 1. The van der Waals surface area contributed by atoms with Crippen LogP contribution in [0.4, 0.5) is 5.69 Å². The van der Waals surface area contributed by atoms with Crippen LogP contribution in [0, 0.1) is 0 Å². The Labute approximate surface area is 150 Å². The summed E-state index contributed by atoms with van der Waals surface area (Å²) in [6.07, 6.45) is 1.53. The van der Waals surface area contributed by atoms with E-state index in [1.54, 1.807) is 19.1 Å². The van der Waals surface area contributed by atoms with Crippen molar-refractivity contribution in [2.75, 3.05) is 5.32 Å². The first-order valence-electron chi connectivity index (χ1n) is 7.51. The van der Waals surface area contributed by atoms with Gasteiger partial charge in [-0.2, -0.15) is 0 Å². The zero-order valence-corrected chi connectivity index (χ0v) is 15.4. The van der Waals surface area contributed by atoms with Gasteiger partial charge in [0.05, 0.1) is 10.7 Å². The molecule has 0 bridgehead atoms. The van der Waals surface area contributed by atoms with Crippen LogP contribution in [-0.4, -0.2) is 12.0 Å². The normalized spacial score (nSPS) is 11.8. The van der Waals surface area contributed by atoms with Gasteiger partial charge in [-0.25, -0.2) is 0 Å². The molecule has 5 heteroatoms. The third-order valence-electron chi connectivity index (χ3n) is 3.33. The molecule has 0 heterocycles. The van der Waals surface area contributed by atoms with Gasteiger partial charge in [-0.1, -0.05) is 53.0 Å². The highest BCUT2D eigenvalue weighted by Crippen LogP contribution is 2.26. The third-order valence-corrected chi connectivity index (χ3v) is 4.14. The SMILES string of the molecule is CCCc1ccc(OC(C)C(=O)Nc2ccc(Br)cc2Cl)cc1. The van der Waals surface area contributed by atoms with Gasteiger partial charge in [0.2, 0.25) is 0 Å². The maximum atomic E-state index is 12.2. The van der Waals surface area contributed by atoms with Crippen molar-refractivity contribution in [3.63, 3.8) is 0 Å². The zero-order valence-electron chi connectivity index (χ0n) is 13.1. The van der Waals surface area contributed by atoms with Gasteiger partial charge in [-0.3, -0.25) is 4.79 Å². The van der Waals surface area contributed by atoms with Crippen LogP contribution >= 0.6 is 27.5 Å². The fourth-order valence-corrected chi connectivity index (χ4v) is 2.83. The average Bonchev–Trinajstić information content (AvgIpc) is 2.52. The van der Waals surface area contributed by atoms with Gasteiger partial charge in [-0.15, -0.1) is 0 Å². The molecule has 2 aromatic rings. The van der Waals surface area contributed by atoms with Gasteiger partial charge in [0, 0.05) is 4.47 Å². The molecule has 2 rings (SSSR count). The lowest BCUT2D eigenvalue weighted by Gasteiger charge is -2.15. The standard InChI is InChI=1S/C18H19BrClNO2/c1-3-4-13-5-8-15(9-6-13)23-12(2)18(22)21-17-10-7-14(19)11-16(17)20/h5-12H,3-4H2,1-2H3,(H,21,22). The molecule has 1 amide bonds. The number of rotatable bonds is 6. The highest BCUT2D eigenvalue weighted by molar-refractivity contribution is 9.10. The fourth-order valence-electron chi connectivity index (χ4n) is 2.11. The molecule has 0 aliphatic carbocycles. The molecule has 0 radical (unpaired) electrons. The summed E-state index contributed by atoms with van der Waals surface area (Å²) in [6.45, 7) is 3.85. The minimum absolute atomic E-state index is 0.244. The van der Waals surface area contributed by atoms with Crippen LogP contribution in [0.1, 0.15) is 25.8 Å². The number of benzene rings is 2. The summed E-state index contributed by atoms with van der Waals surface area (Å²) in [5.41, 5.74) is 1.83. The molecule has 1 atom stereocenters. The second kappa shape index (κ2) is 8.37. The van der Waals surface area contributed by atoms with E-state index in [1.807, 2.05) is 30.3 Å². The first kappa shape index (κ1) is 17.8. The molecule has 2 aromatic carbocycles. The smallest absolute Gasteiger partial charge is 0.265 e. The molecular weight excluding hydrogens is 378 g/mol. The summed E-state index contributed by atoms with van der Waals surface area (Å²) in [6, 6.07) is 13.1. The number of hydrogen-bond donors (Lipinski definition) is 1. The van der Waals surface area contributed by atoms with Crippen molar-refractivity contribution < 1.29 is 9.53 Å². The van der Waals surface area contributed by atoms with Gasteiger partial charge in [-0.05, 0) is 49.2 Å². The van der Waals surface area contributed by atoms with Crippen LogP contribution in [0.5, 0.6) is 5.75 Å². The van der Waals surface area contributed by atoms with Crippen molar-refractivity contribution in [1.82, 2.24) is 0 Å². The van der Waals surface area contributed by atoms with Crippen molar-refractivity contribution in [3.8, 4) is 5.75 Å². The number of ether oxygens (including phenoxy) is 1. The molecule has 3 nitrogen and oxygen atoms in total. The topological polar surface area (TPSA) is 38.3 Å². The summed E-state index contributed by atoms with van der Waals surface area (Å²) < 4.78 is 6.54. The van der Waals surface area contributed by atoms with E-state index < -0.39 is 6.10 Å². The number of halogens is 2. The van der Waals surface area contributed by atoms with E-state index in [-0.39, 0.29) is 5.91 Å². The van der Waals surface area contributed by atoms with E-state index in [0.717, 1.165) is 17.3 Å². The Morgan fingerprint density at radius 1 is 1.26 bits per heavy atom. The Morgan fingerprint density at radius 3 is 2.57 bits per heavy atom. The highest BCUT2D eigenvalue weighted by atomic mass is 79.9. The second-order valence-electron chi connectivity index (χ2n) is 5.27. The fraction of sp³-hybridized carbons (Fsp3) is 0.278. The Kier molecular flexibility index (Phi) is 6.48. The molecule has 0 spiro atoms. The Balaban J connectivity index is 1.96. The predicted octanol–water partition coefficient (Wildman–Crippen LogP) is 5.46. The van der Waals surface area contributed by atoms with Crippen molar-refractivity contribution >= 4 is 39.1 Å². The van der Waals surface area contributed by atoms with Crippen LogP contribution in [0.3, 0.4) is 0 Å². The molecule has 0 saturated heterocycles. The molecule has 0 saturated carbocycles. The molecule has 0 aliphatic rings. The summed E-state index contributed by atoms with van der Waals surface area (Å²) in [7, 11) is 0. The second-order valence-corrected chi connectivity index (χ2v) is 6.59. The lowest BCUT2D eigenvalue weighted by molar-refractivity contribution is -0.122. The van der Waals surface area contributed by atoms with Crippen LogP contribution in [0.25, 0.3) is 0 Å². The van der Waals surface area contributed by atoms with Crippen molar-refractivity contribution in [1.29, 1.82) is 0 Å². The number of amides is 1. The van der Waals surface area contributed by atoms with Crippen LogP contribution in [0.15, 0.2) is 46.9 Å². The molecule has 1 N–H and O–H groups in total. The van der Waals surface area contributed by atoms with E-state index in [2.05, 4.69) is 28.2 Å². The van der Waals surface area contributed by atoms with Gasteiger partial charge < -0.3 is 10.1 Å². The average molecular weight is 397 g/mol. The van der Waals surface area contributed by atoms with E-state index >= 15 is 0 Å². The monoisotopic (exact) mass is 395 g/mol. The number of aryl methyl sites for hydroxylation is 1. The first-order chi connectivity index (χ1) is 11.0. The number of carbonyl (C=O) groups is 1. The molecule has 122 valence electrons. The van der Waals surface area contributed by atoms with Gasteiger partial charge >= 0.3 is 0 Å². The summed E-state index contributed by atoms with van der Waals surface area (Å²) in [5, 5.41) is 3.25. The summed E-state index contributed by atoms with van der Waals surface area (Å²) >= 11 is 9.43. The van der Waals surface area contributed by atoms with Gasteiger partial charge in [0.15, 0.2) is 6.10 Å². The van der Waals surface area contributed by atoms with E-state index in [4.69, 9.17) is 16.3 Å². The maximum absolute atomic E-state index is 12.2. The summed E-state index contributed by atoms with van der Waals surface area (Å²) in [5.74, 6) is 0.432. The minimum Gasteiger partial charge on any atom is -0.481 e. The Hall–Kier alpha value is -1.52. The third kappa shape index (κ3) is 5.26. The maximum Gasteiger partial charge on any atom is 0.265 e. The van der Waals surface area contributed by atoms with Crippen molar-refractivity contribution in [2.24, 2.45) is 0 Å². The molecule has 0 aromatic heterocycles. The van der Waals surface area contributed by atoms with Crippen molar-refractivity contribution in [2.45, 2.75) is 32.8 Å². The Morgan fingerprint density at radius 2 is 1.96 bits per heavy atom. The lowest BCUT2D eigenvalue weighted by Crippen LogP contribution is -2.30. The minimum atomic E-state index is -0.619. The van der Waals surface area contributed by atoms with E-state index in [1.165, 1.54) is 5.56 Å². The van der Waals surface area contributed by atoms with Crippen molar-refractivity contribution in [3.05, 3.63) is 57.5 Å². The predicted molar refractivity (Wildman–Crippen MR) is 98.3 cm³/mol.